The van der Waals surface area contributed by atoms with E-state index in [1.165, 1.54) is 11.3 Å². The van der Waals surface area contributed by atoms with Gasteiger partial charge in [-0.3, -0.25) is 9.48 Å². The Morgan fingerprint density at radius 2 is 2.00 bits per heavy atom. The van der Waals surface area contributed by atoms with Gasteiger partial charge in [0.2, 0.25) is 5.91 Å². The highest BCUT2D eigenvalue weighted by atomic mass is 127. The van der Waals surface area contributed by atoms with Gasteiger partial charge in [0, 0.05) is 49.9 Å². The highest BCUT2D eigenvalue weighted by Crippen LogP contribution is 2.17. The minimum atomic E-state index is 0. The van der Waals surface area contributed by atoms with Crippen molar-refractivity contribution in [3.8, 4) is 0 Å². The predicted octanol–water partition coefficient (Wildman–Crippen LogP) is 2.47. The van der Waals surface area contributed by atoms with Crippen molar-refractivity contribution in [3.05, 3.63) is 17.0 Å². The summed E-state index contributed by atoms with van der Waals surface area (Å²) in [6.07, 6.45) is 2.82. The maximum atomic E-state index is 12.2. The first-order chi connectivity index (χ1) is 12.9. The van der Waals surface area contributed by atoms with E-state index in [2.05, 4.69) is 36.5 Å². The quantitative estimate of drug-likeness (QED) is 0.340. The first-order valence-electron chi connectivity index (χ1n) is 10.3. The van der Waals surface area contributed by atoms with Crippen LogP contribution in [0.25, 0.3) is 0 Å². The molecule has 0 aliphatic carbocycles. The van der Waals surface area contributed by atoms with Gasteiger partial charge in [-0.05, 0) is 26.2 Å². The molecule has 160 valence electrons. The van der Waals surface area contributed by atoms with Crippen LogP contribution in [0.5, 0.6) is 0 Å². The first-order valence-corrected chi connectivity index (χ1v) is 10.3. The molecule has 8 heteroatoms. The molecule has 1 atom stereocenters. The molecule has 1 aliphatic rings. The Kier molecular flexibility index (Phi) is 10.3. The molecule has 2 heterocycles. The number of aromatic nitrogens is 2. The molecule has 0 spiro atoms. The van der Waals surface area contributed by atoms with E-state index in [-0.39, 0.29) is 41.8 Å². The number of amides is 1. The van der Waals surface area contributed by atoms with Crippen molar-refractivity contribution in [1.29, 1.82) is 0 Å². The van der Waals surface area contributed by atoms with Gasteiger partial charge in [0.05, 0.1) is 12.2 Å². The number of guanidine groups is 1. The molecule has 0 bridgehead atoms. The third kappa shape index (κ3) is 6.09. The molecule has 1 aliphatic heterocycles. The van der Waals surface area contributed by atoms with E-state index in [4.69, 9.17) is 4.99 Å². The van der Waals surface area contributed by atoms with Crippen molar-refractivity contribution < 1.29 is 4.79 Å². The second kappa shape index (κ2) is 11.6. The van der Waals surface area contributed by atoms with Crippen molar-refractivity contribution in [1.82, 2.24) is 25.3 Å². The summed E-state index contributed by atoms with van der Waals surface area (Å²) < 4.78 is 1.98. The average Bonchev–Trinajstić information content (AvgIpc) is 3.22. The van der Waals surface area contributed by atoms with Gasteiger partial charge in [0.1, 0.15) is 0 Å². The summed E-state index contributed by atoms with van der Waals surface area (Å²) in [5, 5.41) is 11.5. The molecule has 0 radical (unpaired) electrons. The fourth-order valence-electron chi connectivity index (χ4n) is 3.69. The Hall–Kier alpha value is -1.32. The topological polar surface area (TPSA) is 74.6 Å². The van der Waals surface area contributed by atoms with Crippen LogP contribution in [-0.2, 0) is 31.2 Å². The molecule has 0 saturated carbocycles. The van der Waals surface area contributed by atoms with Gasteiger partial charge in [0.25, 0.3) is 0 Å². The van der Waals surface area contributed by atoms with Gasteiger partial charge >= 0.3 is 0 Å². The maximum absolute atomic E-state index is 12.2. The summed E-state index contributed by atoms with van der Waals surface area (Å²) in [5.74, 6) is 1.10. The smallest absolute Gasteiger partial charge is 0.225 e. The molecule has 1 unspecified atom stereocenters. The van der Waals surface area contributed by atoms with Gasteiger partial charge < -0.3 is 15.5 Å². The molecule has 0 aromatic carbocycles. The largest absolute Gasteiger partial charge is 0.357 e. The van der Waals surface area contributed by atoms with Gasteiger partial charge in [-0.2, -0.15) is 5.10 Å². The Labute approximate surface area is 186 Å². The zero-order chi connectivity index (χ0) is 20.0. The van der Waals surface area contributed by atoms with Crippen molar-refractivity contribution >= 4 is 35.8 Å². The van der Waals surface area contributed by atoms with Crippen LogP contribution in [-0.4, -0.2) is 52.2 Å². The second-order valence-electron chi connectivity index (χ2n) is 7.47. The van der Waals surface area contributed by atoms with E-state index in [9.17, 15) is 4.79 Å². The van der Waals surface area contributed by atoms with E-state index in [0.717, 1.165) is 50.6 Å². The molecular weight excluding hydrogens is 467 g/mol. The number of halogens is 1. The Morgan fingerprint density at radius 1 is 1.29 bits per heavy atom. The van der Waals surface area contributed by atoms with E-state index in [1.54, 1.807) is 0 Å². The normalized spacial score (nSPS) is 17.0. The zero-order valence-electron chi connectivity index (χ0n) is 18.2. The molecule has 1 fully saturated rings. The van der Waals surface area contributed by atoms with Gasteiger partial charge in [-0.25, -0.2) is 4.99 Å². The lowest BCUT2D eigenvalue weighted by Crippen LogP contribution is -2.45. The minimum Gasteiger partial charge on any atom is -0.357 e. The number of hydrogen-bond acceptors (Lipinski definition) is 3. The Bertz CT molecular complexity index is 670. The number of aliphatic imine (C=N–C) groups is 1. The molecule has 1 aromatic rings. The summed E-state index contributed by atoms with van der Waals surface area (Å²) in [7, 11) is 2.01. The van der Waals surface area contributed by atoms with Crippen molar-refractivity contribution in [3.63, 3.8) is 0 Å². The van der Waals surface area contributed by atoms with Crippen LogP contribution in [0.1, 0.15) is 58.0 Å². The summed E-state index contributed by atoms with van der Waals surface area (Å²) in [4.78, 5) is 19.0. The highest BCUT2D eigenvalue weighted by molar-refractivity contribution is 14.0. The average molecular weight is 504 g/mol. The van der Waals surface area contributed by atoms with Crippen LogP contribution in [0, 0.1) is 5.92 Å². The lowest BCUT2D eigenvalue weighted by molar-refractivity contribution is -0.133. The number of likely N-dealkylation sites (tertiary alicyclic amines) is 1. The van der Waals surface area contributed by atoms with Gasteiger partial charge in [-0.1, -0.05) is 27.7 Å². The lowest BCUT2D eigenvalue weighted by Gasteiger charge is -2.20. The standard InChI is InChI=1S/C20H36N6O.HI/c1-7-17-16(18(8-2)25(6)24-17)12-22-20(21-9-3)23-15-10-11-26(13-15)19(27)14(4)5;/h14-15H,7-13H2,1-6H3,(H2,21,22,23);1H. The lowest BCUT2D eigenvalue weighted by atomic mass is 10.1. The van der Waals surface area contributed by atoms with E-state index in [0.29, 0.717) is 6.54 Å². The number of carbonyl (C=O) groups is 1. The van der Waals surface area contributed by atoms with Crippen LogP contribution >= 0.6 is 24.0 Å². The van der Waals surface area contributed by atoms with Crippen molar-refractivity contribution in [2.45, 2.75) is 66.5 Å². The van der Waals surface area contributed by atoms with Crippen molar-refractivity contribution in [2.75, 3.05) is 19.6 Å². The number of nitrogens with zero attached hydrogens (tertiary/aromatic N) is 4. The first kappa shape index (κ1) is 24.7. The summed E-state index contributed by atoms with van der Waals surface area (Å²) in [5.41, 5.74) is 3.62. The predicted molar refractivity (Wildman–Crippen MR) is 125 cm³/mol. The second-order valence-corrected chi connectivity index (χ2v) is 7.47. The number of rotatable bonds is 7. The Balaban J connectivity index is 0.00000392. The van der Waals surface area contributed by atoms with Crippen molar-refractivity contribution in [2.24, 2.45) is 18.0 Å². The number of aryl methyl sites for hydroxylation is 2. The number of nitrogens with one attached hydrogen (secondary N) is 2. The van der Waals surface area contributed by atoms with Crippen LogP contribution in [0.3, 0.4) is 0 Å². The zero-order valence-corrected chi connectivity index (χ0v) is 20.5. The number of hydrogen-bond donors (Lipinski definition) is 2. The van der Waals surface area contributed by atoms with Crippen LogP contribution in [0.2, 0.25) is 0 Å². The van der Waals surface area contributed by atoms with Crippen LogP contribution < -0.4 is 10.6 Å². The molecule has 28 heavy (non-hydrogen) atoms. The third-order valence-corrected chi connectivity index (χ3v) is 5.10. The number of carbonyl (C=O) groups excluding carboxylic acids is 1. The monoisotopic (exact) mass is 504 g/mol. The molecule has 1 aromatic heterocycles. The van der Waals surface area contributed by atoms with Gasteiger partial charge in [-0.15, -0.1) is 24.0 Å². The highest BCUT2D eigenvalue weighted by Gasteiger charge is 2.28. The summed E-state index contributed by atoms with van der Waals surface area (Å²) in [6.45, 7) is 13.3. The molecular formula is C20H37IN6O. The fraction of sp³-hybridized carbons (Fsp3) is 0.750. The fourth-order valence-corrected chi connectivity index (χ4v) is 3.69. The minimum absolute atomic E-state index is 0. The summed E-state index contributed by atoms with van der Waals surface area (Å²) >= 11 is 0. The van der Waals surface area contributed by atoms with E-state index < -0.39 is 0 Å². The molecule has 2 N–H and O–H groups in total. The van der Waals surface area contributed by atoms with E-state index >= 15 is 0 Å². The van der Waals surface area contributed by atoms with Crippen LogP contribution in [0.4, 0.5) is 0 Å². The molecule has 7 nitrogen and oxygen atoms in total. The molecule has 1 saturated heterocycles. The maximum Gasteiger partial charge on any atom is 0.225 e. The summed E-state index contributed by atoms with van der Waals surface area (Å²) in [6, 6.07) is 0.246. The molecule has 1 amide bonds. The Morgan fingerprint density at radius 3 is 2.57 bits per heavy atom. The SMILES string of the molecule is CCNC(=NCc1c(CC)nn(C)c1CC)NC1CCN(C(=O)C(C)C)C1.I. The van der Waals surface area contributed by atoms with Crippen LogP contribution in [0.15, 0.2) is 4.99 Å². The third-order valence-electron chi connectivity index (χ3n) is 5.10. The van der Waals surface area contributed by atoms with Gasteiger partial charge in [0.15, 0.2) is 5.96 Å². The van der Waals surface area contributed by atoms with E-state index in [1.807, 2.05) is 30.5 Å². The molecule has 2 rings (SSSR count).